The van der Waals surface area contributed by atoms with Gasteiger partial charge in [0, 0.05) is 23.2 Å². The summed E-state index contributed by atoms with van der Waals surface area (Å²) in [6, 6.07) is 20.8. The first-order valence-corrected chi connectivity index (χ1v) is 10.5. The van der Waals surface area contributed by atoms with Crippen LogP contribution < -0.4 is 10.6 Å². The SMILES string of the molecule is CC(=O)Nc1ccc(SC(C(=O)Nc2ccc(Cl)c(C(=O)O)c2)c2ccccc2)cc1. The van der Waals surface area contributed by atoms with Crippen molar-refractivity contribution in [1.29, 1.82) is 0 Å². The molecule has 0 aliphatic rings. The molecule has 3 aromatic rings. The van der Waals surface area contributed by atoms with Gasteiger partial charge >= 0.3 is 5.97 Å². The molecule has 1 atom stereocenters. The third-order valence-electron chi connectivity index (χ3n) is 4.23. The zero-order valence-electron chi connectivity index (χ0n) is 16.5. The Morgan fingerprint density at radius 3 is 2.16 bits per heavy atom. The second-order valence-electron chi connectivity index (χ2n) is 6.60. The van der Waals surface area contributed by atoms with Crippen LogP contribution >= 0.6 is 23.4 Å². The van der Waals surface area contributed by atoms with Crippen molar-refractivity contribution in [3.63, 3.8) is 0 Å². The van der Waals surface area contributed by atoms with Gasteiger partial charge in [-0.05, 0) is 48.0 Å². The van der Waals surface area contributed by atoms with E-state index in [2.05, 4.69) is 10.6 Å². The number of anilines is 2. The summed E-state index contributed by atoms with van der Waals surface area (Å²) >= 11 is 7.26. The molecular formula is C23H19ClN2O4S. The number of carbonyl (C=O) groups is 3. The Bertz CT molecular complexity index is 1100. The van der Waals surface area contributed by atoms with Gasteiger partial charge in [0.15, 0.2) is 0 Å². The second-order valence-corrected chi connectivity index (χ2v) is 8.19. The molecule has 0 saturated heterocycles. The molecule has 3 N–H and O–H groups in total. The number of halogens is 1. The van der Waals surface area contributed by atoms with E-state index in [9.17, 15) is 19.5 Å². The summed E-state index contributed by atoms with van der Waals surface area (Å²) < 4.78 is 0. The topological polar surface area (TPSA) is 95.5 Å². The average molecular weight is 455 g/mol. The number of carboxylic acid groups (broad SMARTS) is 1. The zero-order valence-corrected chi connectivity index (χ0v) is 18.0. The first-order chi connectivity index (χ1) is 14.8. The van der Waals surface area contributed by atoms with Gasteiger partial charge in [-0.25, -0.2) is 4.79 Å². The Labute approximate surface area is 188 Å². The molecule has 0 bridgehead atoms. The minimum Gasteiger partial charge on any atom is -0.478 e. The van der Waals surface area contributed by atoms with Crippen LogP contribution in [0, 0.1) is 0 Å². The maximum atomic E-state index is 13.1. The fourth-order valence-corrected chi connectivity index (χ4v) is 4.05. The van der Waals surface area contributed by atoms with Crippen LogP contribution in [0.25, 0.3) is 0 Å². The third-order valence-corrected chi connectivity index (χ3v) is 5.83. The first-order valence-electron chi connectivity index (χ1n) is 9.26. The molecule has 0 aliphatic carbocycles. The summed E-state index contributed by atoms with van der Waals surface area (Å²) in [6.45, 7) is 1.44. The van der Waals surface area contributed by atoms with Crippen molar-refractivity contribution in [3.05, 3.63) is 88.9 Å². The standard InChI is InChI=1S/C23H19ClN2O4S/c1-14(27)25-16-7-10-18(11-8-16)31-21(15-5-3-2-4-6-15)22(28)26-17-9-12-20(24)19(13-17)23(29)30/h2-13,21H,1H3,(H,25,27)(H,26,28)(H,29,30). The molecule has 31 heavy (non-hydrogen) atoms. The van der Waals surface area contributed by atoms with E-state index < -0.39 is 11.2 Å². The number of thioether (sulfide) groups is 1. The van der Waals surface area contributed by atoms with Crippen LogP contribution in [-0.4, -0.2) is 22.9 Å². The van der Waals surface area contributed by atoms with E-state index in [0.29, 0.717) is 11.4 Å². The highest BCUT2D eigenvalue weighted by Gasteiger charge is 2.23. The Hall–Kier alpha value is -3.29. The second kappa shape index (κ2) is 10.1. The number of carboxylic acids is 1. The van der Waals surface area contributed by atoms with Crippen LogP contribution in [0.15, 0.2) is 77.7 Å². The maximum absolute atomic E-state index is 13.1. The van der Waals surface area contributed by atoms with Crippen LogP contribution in [0.4, 0.5) is 11.4 Å². The van der Waals surface area contributed by atoms with Gasteiger partial charge in [0.1, 0.15) is 5.25 Å². The number of hydrogen-bond donors (Lipinski definition) is 3. The van der Waals surface area contributed by atoms with Crippen molar-refractivity contribution in [1.82, 2.24) is 0 Å². The number of aromatic carboxylic acids is 1. The summed E-state index contributed by atoms with van der Waals surface area (Å²) in [5, 5.41) is 14.3. The molecule has 3 rings (SSSR count). The smallest absolute Gasteiger partial charge is 0.337 e. The molecule has 0 heterocycles. The monoisotopic (exact) mass is 454 g/mol. The van der Waals surface area contributed by atoms with E-state index in [-0.39, 0.29) is 22.4 Å². The summed E-state index contributed by atoms with van der Waals surface area (Å²) in [4.78, 5) is 36.5. The molecule has 0 aliphatic heterocycles. The predicted molar refractivity (Wildman–Crippen MR) is 123 cm³/mol. The van der Waals surface area contributed by atoms with E-state index in [1.807, 2.05) is 42.5 Å². The number of carbonyl (C=O) groups excluding carboxylic acids is 2. The predicted octanol–water partition coefficient (Wildman–Crippen LogP) is 5.47. The highest BCUT2D eigenvalue weighted by atomic mass is 35.5. The van der Waals surface area contributed by atoms with Gasteiger partial charge in [-0.15, -0.1) is 11.8 Å². The van der Waals surface area contributed by atoms with E-state index in [4.69, 9.17) is 11.6 Å². The van der Waals surface area contributed by atoms with Gasteiger partial charge in [-0.3, -0.25) is 9.59 Å². The lowest BCUT2D eigenvalue weighted by Gasteiger charge is -2.18. The van der Waals surface area contributed by atoms with E-state index in [1.54, 1.807) is 18.2 Å². The number of hydrogen-bond acceptors (Lipinski definition) is 4. The molecule has 0 aromatic heterocycles. The van der Waals surface area contributed by atoms with Crippen LogP contribution in [0.1, 0.15) is 28.1 Å². The van der Waals surface area contributed by atoms with Gasteiger partial charge in [-0.1, -0.05) is 41.9 Å². The Balaban J connectivity index is 1.84. The van der Waals surface area contributed by atoms with Crippen molar-refractivity contribution in [2.75, 3.05) is 10.6 Å². The normalized spacial score (nSPS) is 11.4. The van der Waals surface area contributed by atoms with E-state index in [1.165, 1.54) is 30.8 Å². The van der Waals surface area contributed by atoms with E-state index >= 15 is 0 Å². The number of nitrogens with one attached hydrogen (secondary N) is 2. The third kappa shape index (κ3) is 6.10. The minimum atomic E-state index is -1.17. The highest BCUT2D eigenvalue weighted by Crippen LogP contribution is 2.37. The fraction of sp³-hybridized carbons (Fsp3) is 0.0870. The van der Waals surface area contributed by atoms with Crippen molar-refractivity contribution in [3.8, 4) is 0 Å². The minimum absolute atomic E-state index is 0.0862. The molecule has 158 valence electrons. The summed E-state index contributed by atoms with van der Waals surface area (Å²) in [5.41, 5.74) is 1.72. The maximum Gasteiger partial charge on any atom is 0.337 e. The number of benzene rings is 3. The quantitative estimate of drug-likeness (QED) is 0.411. The van der Waals surface area contributed by atoms with Crippen molar-refractivity contribution >= 4 is 52.5 Å². The van der Waals surface area contributed by atoms with Crippen molar-refractivity contribution < 1.29 is 19.5 Å². The molecular weight excluding hydrogens is 436 g/mol. The Morgan fingerprint density at radius 2 is 1.55 bits per heavy atom. The van der Waals surface area contributed by atoms with Crippen LogP contribution in [0.3, 0.4) is 0 Å². The van der Waals surface area contributed by atoms with E-state index in [0.717, 1.165) is 10.5 Å². The lowest BCUT2D eigenvalue weighted by Crippen LogP contribution is -2.19. The molecule has 0 fully saturated rings. The Kier molecular flexibility index (Phi) is 7.33. The van der Waals surface area contributed by atoms with Crippen molar-refractivity contribution in [2.45, 2.75) is 17.1 Å². The van der Waals surface area contributed by atoms with Gasteiger partial charge in [0.25, 0.3) is 0 Å². The van der Waals surface area contributed by atoms with Crippen LogP contribution in [-0.2, 0) is 9.59 Å². The molecule has 6 nitrogen and oxygen atoms in total. The largest absolute Gasteiger partial charge is 0.478 e. The number of rotatable bonds is 7. The first kappa shape index (κ1) is 22.4. The summed E-state index contributed by atoms with van der Waals surface area (Å²) in [5.74, 6) is -1.64. The molecule has 2 amide bonds. The average Bonchev–Trinajstić information content (AvgIpc) is 2.74. The lowest BCUT2D eigenvalue weighted by molar-refractivity contribution is -0.116. The summed E-state index contributed by atoms with van der Waals surface area (Å²) in [7, 11) is 0. The van der Waals surface area contributed by atoms with Gasteiger partial charge < -0.3 is 15.7 Å². The fourth-order valence-electron chi connectivity index (χ4n) is 2.83. The number of amides is 2. The summed E-state index contributed by atoms with van der Waals surface area (Å²) in [6.07, 6.45) is 0. The van der Waals surface area contributed by atoms with Crippen molar-refractivity contribution in [2.24, 2.45) is 0 Å². The highest BCUT2D eigenvalue weighted by molar-refractivity contribution is 8.00. The van der Waals surface area contributed by atoms with Gasteiger partial charge in [0.05, 0.1) is 10.6 Å². The lowest BCUT2D eigenvalue weighted by atomic mass is 10.1. The molecule has 3 aromatic carbocycles. The molecule has 0 saturated carbocycles. The molecule has 0 radical (unpaired) electrons. The zero-order chi connectivity index (χ0) is 22.4. The van der Waals surface area contributed by atoms with Gasteiger partial charge in [-0.2, -0.15) is 0 Å². The molecule has 0 spiro atoms. The van der Waals surface area contributed by atoms with Crippen LogP contribution in [0.5, 0.6) is 0 Å². The van der Waals surface area contributed by atoms with Crippen LogP contribution in [0.2, 0.25) is 5.02 Å². The molecule has 8 heteroatoms. The Morgan fingerprint density at radius 1 is 0.903 bits per heavy atom. The van der Waals surface area contributed by atoms with Gasteiger partial charge in [0.2, 0.25) is 11.8 Å². The molecule has 1 unspecified atom stereocenters.